The number of amides is 1. The molecule has 0 aromatic rings. The van der Waals surface area contributed by atoms with E-state index in [0.717, 1.165) is 77.0 Å². The summed E-state index contributed by atoms with van der Waals surface area (Å²) in [6.45, 7) is 6.33. The van der Waals surface area contributed by atoms with E-state index in [4.69, 9.17) is 4.74 Å². The van der Waals surface area contributed by atoms with E-state index in [1.54, 1.807) is 0 Å². The van der Waals surface area contributed by atoms with E-state index in [9.17, 15) is 19.8 Å². The van der Waals surface area contributed by atoms with E-state index < -0.39 is 18.2 Å². The van der Waals surface area contributed by atoms with Gasteiger partial charge in [0.25, 0.3) is 0 Å². The van der Waals surface area contributed by atoms with Crippen LogP contribution in [0, 0.1) is 0 Å². The van der Waals surface area contributed by atoms with Gasteiger partial charge in [-0.25, -0.2) is 0 Å². The minimum absolute atomic E-state index is 0.0556. The van der Waals surface area contributed by atoms with Crippen LogP contribution in [0.5, 0.6) is 0 Å². The molecule has 336 valence electrons. The van der Waals surface area contributed by atoms with Gasteiger partial charge in [-0.1, -0.05) is 216 Å². The van der Waals surface area contributed by atoms with Crippen LogP contribution in [-0.2, 0) is 14.3 Å². The number of aliphatic hydroxyl groups is 2. The molecule has 3 N–H and O–H groups in total. The van der Waals surface area contributed by atoms with Crippen molar-refractivity contribution in [2.75, 3.05) is 6.61 Å². The predicted octanol–water partition coefficient (Wildman–Crippen LogP) is 14.5. The lowest BCUT2D eigenvalue weighted by molar-refractivity contribution is -0.151. The zero-order valence-electron chi connectivity index (χ0n) is 38.2. The first-order valence-corrected chi connectivity index (χ1v) is 24.5. The van der Waals surface area contributed by atoms with E-state index in [-0.39, 0.29) is 24.9 Å². The number of allylic oxidation sites excluding steroid dienone is 10. The molecule has 0 aliphatic heterocycles. The van der Waals surface area contributed by atoms with Crippen LogP contribution in [0.3, 0.4) is 0 Å². The molecule has 0 aromatic carbocycles. The Labute approximate surface area is 358 Å². The Morgan fingerprint density at radius 2 is 0.914 bits per heavy atom. The van der Waals surface area contributed by atoms with Gasteiger partial charge in [-0.3, -0.25) is 9.59 Å². The Morgan fingerprint density at radius 1 is 0.517 bits per heavy atom. The fraction of sp³-hybridized carbons (Fsp3) is 0.769. The van der Waals surface area contributed by atoms with Crippen LogP contribution < -0.4 is 5.32 Å². The fourth-order valence-corrected chi connectivity index (χ4v) is 7.17. The molecule has 3 unspecified atom stereocenters. The van der Waals surface area contributed by atoms with E-state index in [0.29, 0.717) is 25.7 Å². The molecule has 0 spiro atoms. The average molecular weight is 812 g/mol. The largest absolute Gasteiger partial charge is 0.462 e. The minimum Gasteiger partial charge on any atom is -0.462 e. The van der Waals surface area contributed by atoms with Crippen molar-refractivity contribution in [3.05, 3.63) is 60.8 Å². The lowest BCUT2D eigenvalue weighted by atomic mass is 10.0. The number of hydrogen-bond donors (Lipinski definition) is 3. The van der Waals surface area contributed by atoms with Crippen molar-refractivity contribution in [1.82, 2.24) is 5.32 Å². The van der Waals surface area contributed by atoms with Crippen LogP contribution in [0.2, 0.25) is 0 Å². The lowest BCUT2D eigenvalue weighted by Gasteiger charge is -2.24. The van der Waals surface area contributed by atoms with Gasteiger partial charge >= 0.3 is 5.97 Å². The van der Waals surface area contributed by atoms with Crippen LogP contribution in [0.1, 0.15) is 233 Å². The van der Waals surface area contributed by atoms with Crippen molar-refractivity contribution in [3.63, 3.8) is 0 Å². The van der Waals surface area contributed by atoms with Gasteiger partial charge in [0.2, 0.25) is 5.91 Å². The van der Waals surface area contributed by atoms with E-state index in [1.807, 2.05) is 0 Å². The highest BCUT2D eigenvalue weighted by atomic mass is 16.5. The summed E-state index contributed by atoms with van der Waals surface area (Å²) in [6, 6.07) is -0.710. The average Bonchev–Trinajstić information content (AvgIpc) is 3.22. The second kappa shape index (κ2) is 45.6. The second-order valence-corrected chi connectivity index (χ2v) is 16.5. The van der Waals surface area contributed by atoms with Gasteiger partial charge in [0.15, 0.2) is 0 Å². The Balaban J connectivity index is 4.67. The van der Waals surface area contributed by atoms with E-state index >= 15 is 0 Å². The molecule has 6 heteroatoms. The van der Waals surface area contributed by atoms with Crippen LogP contribution in [-0.4, -0.2) is 46.9 Å². The molecular formula is C52H93NO5. The summed E-state index contributed by atoms with van der Waals surface area (Å²) in [5.41, 5.74) is 0. The van der Waals surface area contributed by atoms with Gasteiger partial charge in [-0.05, 0) is 64.2 Å². The van der Waals surface area contributed by atoms with Crippen molar-refractivity contribution in [3.8, 4) is 0 Å². The zero-order chi connectivity index (χ0) is 42.4. The Morgan fingerprint density at radius 3 is 1.34 bits per heavy atom. The number of aliphatic hydroxyl groups excluding tert-OH is 2. The van der Waals surface area contributed by atoms with E-state index in [2.05, 4.69) is 86.8 Å². The summed E-state index contributed by atoms with van der Waals surface area (Å²) >= 11 is 0. The highest BCUT2D eigenvalue weighted by molar-refractivity contribution is 5.77. The number of nitrogens with one attached hydrogen (secondary N) is 1. The third-order valence-corrected chi connectivity index (χ3v) is 10.9. The molecule has 58 heavy (non-hydrogen) atoms. The lowest BCUT2D eigenvalue weighted by Crippen LogP contribution is -2.46. The van der Waals surface area contributed by atoms with Crippen LogP contribution >= 0.6 is 0 Å². The van der Waals surface area contributed by atoms with Gasteiger partial charge < -0.3 is 20.3 Å². The predicted molar refractivity (Wildman–Crippen MR) is 250 cm³/mol. The summed E-state index contributed by atoms with van der Waals surface area (Å²) in [5, 5.41) is 23.6. The summed E-state index contributed by atoms with van der Waals surface area (Å²) in [6.07, 6.45) is 55.7. The topological polar surface area (TPSA) is 95.9 Å². The molecule has 0 aromatic heterocycles. The number of hydrogen-bond acceptors (Lipinski definition) is 5. The molecule has 0 aliphatic rings. The van der Waals surface area contributed by atoms with Gasteiger partial charge in [0.05, 0.1) is 25.2 Å². The van der Waals surface area contributed by atoms with Gasteiger partial charge in [-0.15, -0.1) is 0 Å². The van der Waals surface area contributed by atoms with Gasteiger partial charge in [-0.2, -0.15) is 0 Å². The van der Waals surface area contributed by atoms with Crippen molar-refractivity contribution in [1.29, 1.82) is 0 Å². The molecule has 0 rings (SSSR count). The maximum atomic E-state index is 13.1. The molecule has 0 radical (unpaired) electrons. The maximum Gasteiger partial charge on any atom is 0.306 e. The van der Waals surface area contributed by atoms with Crippen molar-refractivity contribution >= 4 is 11.9 Å². The Bertz CT molecular complexity index is 1050. The fourth-order valence-electron chi connectivity index (χ4n) is 7.17. The van der Waals surface area contributed by atoms with Gasteiger partial charge in [0, 0.05) is 6.42 Å². The Kier molecular flexibility index (Phi) is 43.7. The molecule has 3 atom stereocenters. The van der Waals surface area contributed by atoms with Crippen LogP contribution in [0.4, 0.5) is 0 Å². The highest BCUT2D eigenvalue weighted by Gasteiger charge is 2.24. The van der Waals surface area contributed by atoms with Gasteiger partial charge in [0.1, 0.15) is 6.10 Å². The van der Waals surface area contributed by atoms with E-state index in [1.165, 1.54) is 103 Å². The standard InChI is InChI=1S/C52H93NO5/c1-4-7-10-13-16-19-21-23-24-25-26-28-30-33-36-39-42-45-52(57)58-48(43-40-37-34-32-29-27-22-20-17-14-11-8-5-2)46-51(56)53-49(47-54)50(55)44-41-38-35-31-18-15-12-9-6-3/h7,10,16,19,23-24,26,28,33,36,48-50,54-55H,4-6,8-9,11-15,17-18,20-22,25,27,29-32,34-35,37-47H2,1-3H3,(H,53,56)/b10-7-,19-16-,24-23-,28-26-,36-33-. The normalized spacial score (nSPS) is 13.8. The first-order chi connectivity index (χ1) is 28.5. The molecule has 6 nitrogen and oxygen atoms in total. The summed E-state index contributed by atoms with van der Waals surface area (Å²) in [7, 11) is 0. The number of rotatable bonds is 43. The molecule has 0 saturated heterocycles. The second-order valence-electron chi connectivity index (χ2n) is 16.5. The zero-order valence-corrected chi connectivity index (χ0v) is 38.2. The molecule has 0 aliphatic carbocycles. The number of carbonyl (C=O) groups is 2. The number of carbonyl (C=O) groups excluding carboxylic acids is 2. The summed E-state index contributed by atoms with van der Waals surface area (Å²) in [4.78, 5) is 26.0. The maximum absolute atomic E-state index is 13.1. The third kappa shape index (κ3) is 40.3. The monoisotopic (exact) mass is 812 g/mol. The number of esters is 1. The third-order valence-electron chi connectivity index (χ3n) is 10.9. The van der Waals surface area contributed by atoms with Crippen molar-refractivity contribution in [2.24, 2.45) is 0 Å². The van der Waals surface area contributed by atoms with Crippen molar-refractivity contribution < 1.29 is 24.5 Å². The molecular weight excluding hydrogens is 719 g/mol. The highest BCUT2D eigenvalue weighted by Crippen LogP contribution is 2.17. The molecule has 0 bridgehead atoms. The number of unbranched alkanes of at least 4 members (excludes halogenated alkanes) is 21. The Hall–Kier alpha value is -2.44. The molecule has 0 heterocycles. The first-order valence-electron chi connectivity index (χ1n) is 24.5. The smallest absolute Gasteiger partial charge is 0.306 e. The minimum atomic E-state index is -0.795. The van der Waals surface area contributed by atoms with Crippen LogP contribution in [0.15, 0.2) is 60.8 Å². The molecule has 1 amide bonds. The molecule has 0 fully saturated rings. The number of ether oxygens (including phenoxy) is 1. The molecule has 0 saturated carbocycles. The quantitative estimate of drug-likeness (QED) is 0.0324. The first kappa shape index (κ1) is 55.6. The summed E-state index contributed by atoms with van der Waals surface area (Å²) in [5.74, 6) is -0.541. The van der Waals surface area contributed by atoms with Crippen LogP contribution in [0.25, 0.3) is 0 Å². The van der Waals surface area contributed by atoms with Crippen molar-refractivity contribution in [2.45, 2.75) is 251 Å². The summed E-state index contributed by atoms with van der Waals surface area (Å²) < 4.78 is 5.89. The SMILES string of the molecule is CC/C=C\C/C=C\C/C=C\C/C=C\C/C=C\CCCC(=O)OC(CCCCCCCCCCCCCCC)CC(=O)NC(CO)C(O)CCCCCCCCCCC.